The third-order valence-corrected chi connectivity index (χ3v) is 1.69. The Morgan fingerprint density at radius 1 is 1.25 bits per heavy atom. The van der Waals surface area contributed by atoms with E-state index in [1.54, 1.807) is 0 Å². The smallest absolute Gasteiger partial charge is 0.504 e. The van der Waals surface area contributed by atoms with Crippen LogP contribution in [0.15, 0.2) is 30.5 Å². The molecule has 3 nitrogen and oxygen atoms in total. The van der Waals surface area contributed by atoms with E-state index in [1.807, 2.05) is 0 Å². The molecule has 0 atom stereocenters. The maximum atomic E-state index is 11.7. The summed E-state index contributed by atoms with van der Waals surface area (Å²) in [7, 11) is 1.46. The average molecular weight is 234 g/mol. The molecule has 0 aromatic heterocycles. The quantitative estimate of drug-likeness (QED) is 0.817. The van der Waals surface area contributed by atoms with Crippen molar-refractivity contribution in [3.63, 3.8) is 0 Å². The van der Waals surface area contributed by atoms with Crippen LogP contribution in [-0.4, -0.2) is 18.6 Å². The Hall–Kier alpha value is -1.85. The molecule has 0 aliphatic carbocycles. The molecule has 0 radical (unpaired) electrons. The molecule has 0 heterocycles. The number of alkyl halides is 3. The largest absolute Gasteiger partial charge is 0.572 e. The zero-order valence-corrected chi connectivity index (χ0v) is 8.28. The molecule has 0 aliphatic rings. The second kappa shape index (κ2) is 4.78. The van der Waals surface area contributed by atoms with Gasteiger partial charge in [-0.2, -0.15) is 0 Å². The van der Waals surface area contributed by atoms with Crippen molar-refractivity contribution >= 4 is 5.76 Å². The summed E-state index contributed by atoms with van der Waals surface area (Å²) >= 11 is 0. The summed E-state index contributed by atoms with van der Waals surface area (Å²) in [4.78, 5) is 0. The molecule has 0 amide bonds. The van der Waals surface area contributed by atoms with Crippen LogP contribution in [-0.2, 0) is 4.74 Å². The summed E-state index contributed by atoms with van der Waals surface area (Å²) in [5, 5.41) is 9.24. The van der Waals surface area contributed by atoms with Crippen molar-refractivity contribution in [2.75, 3.05) is 7.11 Å². The Bertz CT molecular complexity index is 368. The van der Waals surface area contributed by atoms with Gasteiger partial charge in [0, 0.05) is 5.56 Å². The number of rotatable bonds is 3. The highest BCUT2D eigenvalue weighted by molar-refractivity contribution is 5.58. The summed E-state index contributed by atoms with van der Waals surface area (Å²) in [6.45, 7) is 0. The molecule has 0 spiro atoms. The molecule has 0 fully saturated rings. The minimum absolute atomic E-state index is 0.199. The van der Waals surface area contributed by atoms with Gasteiger partial charge in [0.25, 0.3) is 0 Å². The third-order valence-electron chi connectivity index (χ3n) is 1.69. The van der Waals surface area contributed by atoms with Crippen molar-refractivity contribution < 1.29 is 27.8 Å². The zero-order valence-electron chi connectivity index (χ0n) is 8.28. The Labute approximate surface area is 89.7 Å². The highest BCUT2D eigenvalue weighted by Crippen LogP contribution is 2.21. The van der Waals surface area contributed by atoms with Crippen molar-refractivity contribution in [3.05, 3.63) is 36.1 Å². The SMILES string of the molecule is COc1ccc(C(O)=COC(F)(F)F)cc1. The second-order valence-electron chi connectivity index (χ2n) is 2.80. The van der Waals surface area contributed by atoms with Crippen LogP contribution in [0.1, 0.15) is 5.56 Å². The lowest BCUT2D eigenvalue weighted by atomic mass is 10.2. The fourth-order valence-electron chi connectivity index (χ4n) is 0.952. The third kappa shape index (κ3) is 3.72. The van der Waals surface area contributed by atoms with Crippen LogP contribution in [0.3, 0.4) is 0 Å². The van der Waals surface area contributed by atoms with E-state index in [1.165, 1.54) is 31.4 Å². The molecule has 0 aliphatic heterocycles. The van der Waals surface area contributed by atoms with Crippen LogP contribution >= 0.6 is 0 Å². The number of halogens is 3. The van der Waals surface area contributed by atoms with Gasteiger partial charge in [-0.25, -0.2) is 0 Å². The fraction of sp³-hybridized carbons (Fsp3) is 0.200. The van der Waals surface area contributed by atoms with Crippen LogP contribution in [0.25, 0.3) is 5.76 Å². The van der Waals surface area contributed by atoms with Gasteiger partial charge < -0.3 is 14.6 Å². The monoisotopic (exact) mass is 234 g/mol. The normalized spacial score (nSPS) is 12.4. The van der Waals surface area contributed by atoms with Gasteiger partial charge in [0.05, 0.1) is 7.11 Å². The number of aliphatic hydroxyl groups excluding tert-OH is 1. The summed E-state index contributed by atoms with van der Waals surface area (Å²) in [5.74, 6) is -0.0757. The van der Waals surface area contributed by atoms with Gasteiger partial charge in [0.15, 0.2) is 5.76 Å². The van der Waals surface area contributed by atoms with Crippen LogP contribution in [0.2, 0.25) is 0 Å². The first-order valence-corrected chi connectivity index (χ1v) is 4.20. The van der Waals surface area contributed by atoms with Gasteiger partial charge in [-0.15, -0.1) is 13.2 Å². The lowest BCUT2D eigenvalue weighted by Gasteiger charge is -2.06. The van der Waals surface area contributed by atoms with Crippen LogP contribution in [0.5, 0.6) is 5.75 Å². The maximum Gasteiger partial charge on any atom is 0.572 e. The molecule has 6 heteroatoms. The summed E-state index contributed by atoms with van der Waals surface area (Å²) in [6.07, 6.45) is -4.57. The molecule has 0 bridgehead atoms. The molecule has 1 aromatic carbocycles. The number of hydrogen-bond donors (Lipinski definition) is 1. The minimum atomic E-state index is -4.81. The van der Waals surface area contributed by atoms with Crippen molar-refractivity contribution in [1.29, 1.82) is 0 Å². The van der Waals surface area contributed by atoms with Gasteiger partial charge >= 0.3 is 6.36 Å². The van der Waals surface area contributed by atoms with Crippen molar-refractivity contribution in [2.24, 2.45) is 0 Å². The Kier molecular flexibility index (Phi) is 3.65. The molecule has 1 rings (SSSR count). The van der Waals surface area contributed by atoms with Crippen LogP contribution in [0, 0.1) is 0 Å². The zero-order chi connectivity index (χ0) is 12.2. The topological polar surface area (TPSA) is 38.7 Å². The van der Waals surface area contributed by atoms with Crippen LogP contribution in [0.4, 0.5) is 13.2 Å². The number of benzene rings is 1. The summed E-state index contributed by atoms with van der Waals surface area (Å²) in [6, 6.07) is 5.83. The number of methoxy groups -OCH3 is 1. The van der Waals surface area contributed by atoms with Gasteiger partial charge in [0.2, 0.25) is 0 Å². The molecular formula is C10H9F3O3. The second-order valence-corrected chi connectivity index (χ2v) is 2.80. The minimum Gasteiger partial charge on any atom is -0.504 e. The molecule has 0 saturated carbocycles. The maximum absolute atomic E-state index is 11.7. The molecular weight excluding hydrogens is 225 g/mol. The summed E-state index contributed by atoms with van der Waals surface area (Å²) < 4.78 is 43.2. The fourth-order valence-corrected chi connectivity index (χ4v) is 0.952. The number of hydrogen-bond acceptors (Lipinski definition) is 3. The van der Waals surface area contributed by atoms with Crippen LogP contribution < -0.4 is 4.74 Å². The van der Waals surface area contributed by atoms with E-state index in [4.69, 9.17) is 4.74 Å². The lowest BCUT2D eigenvalue weighted by Crippen LogP contribution is -2.09. The van der Waals surface area contributed by atoms with Crippen molar-refractivity contribution in [2.45, 2.75) is 6.36 Å². The van der Waals surface area contributed by atoms with E-state index in [9.17, 15) is 18.3 Å². The number of ether oxygens (including phenoxy) is 2. The van der Waals surface area contributed by atoms with Gasteiger partial charge in [-0.3, -0.25) is 0 Å². The van der Waals surface area contributed by atoms with E-state index in [0.29, 0.717) is 5.75 Å². The number of aliphatic hydroxyl groups is 1. The van der Waals surface area contributed by atoms with E-state index in [2.05, 4.69) is 4.74 Å². The molecule has 1 N–H and O–H groups in total. The molecule has 88 valence electrons. The van der Waals surface area contributed by atoms with E-state index in [-0.39, 0.29) is 11.8 Å². The first-order chi connectivity index (χ1) is 7.42. The van der Waals surface area contributed by atoms with E-state index < -0.39 is 12.1 Å². The van der Waals surface area contributed by atoms with Crippen molar-refractivity contribution in [3.8, 4) is 5.75 Å². The Balaban J connectivity index is 2.76. The van der Waals surface area contributed by atoms with Gasteiger partial charge in [0.1, 0.15) is 12.0 Å². The standard InChI is InChI=1S/C10H9F3O3/c1-15-8-4-2-7(3-5-8)9(14)6-16-10(11,12)13/h2-6,14H,1H3. The predicted octanol–water partition coefficient (Wildman–Crippen LogP) is 3.09. The first kappa shape index (κ1) is 12.2. The molecule has 0 unspecified atom stereocenters. The Morgan fingerprint density at radius 2 is 1.81 bits per heavy atom. The first-order valence-electron chi connectivity index (χ1n) is 4.20. The van der Waals surface area contributed by atoms with Gasteiger partial charge in [-0.1, -0.05) is 0 Å². The van der Waals surface area contributed by atoms with Crippen molar-refractivity contribution in [1.82, 2.24) is 0 Å². The highest BCUT2D eigenvalue weighted by Gasteiger charge is 2.29. The predicted molar refractivity (Wildman–Crippen MR) is 50.7 cm³/mol. The van der Waals surface area contributed by atoms with Gasteiger partial charge in [-0.05, 0) is 24.3 Å². The molecule has 1 aromatic rings. The van der Waals surface area contributed by atoms with E-state index >= 15 is 0 Å². The lowest BCUT2D eigenvalue weighted by molar-refractivity contribution is -0.298. The molecule has 16 heavy (non-hydrogen) atoms. The Morgan fingerprint density at radius 3 is 2.25 bits per heavy atom. The molecule has 0 saturated heterocycles. The average Bonchev–Trinajstić information content (AvgIpc) is 2.25. The van der Waals surface area contributed by atoms with E-state index in [0.717, 1.165) is 0 Å². The summed E-state index contributed by atoms with van der Waals surface area (Å²) in [5.41, 5.74) is 0.199. The highest BCUT2D eigenvalue weighted by atomic mass is 19.4.